The van der Waals surface area contributed by atoms with Crippen LogP contribution in [0.3, 0.4) is 0 Å². The van der Waals surface area contributed by atoms with Crippen LogP contribution in [0.4, 0.5) is 0 Å². The molecule has 1 aromatic heterocycles. The molecule has 1 fully saturated rings. The van der Waals surface area contributed by atoms with E-state index in [0.717, 1.165) is 18.4 Å². The van der Waals surface area contributed by atoms with E-state index in [1.807, 2.05) is 29.2 Å². The average Bonchev–Trinajstić information content (AvgIpc) is 3.09. The van der Waals surface area contributed by atoms with Crippen LogP contribution >= 0.6 is 11.8 Å². The highest BCUT2D eigenvalue weighted by Crippen LogP contribution is 2.26. The summed E-state index contributed by atoms with van der Waals surface area (Å²) >= 11 is 1.70. The molecule has 23 heavy (non-hydrogen) atoms. The van der Waals surface area contributed by atoms with E-state index in [4.69, 9.17) is 4.42 Å². The van der Waals surface area contributed by atoms with Gasteiger partial charge in [0.05, 0.1) is 6.26 Å². The molecule has 0 radical (unpaired) electrons. The second-order valence-electron chi connectivity index (χ2n) is 5.79. The Balaban J connectivity index is 1.62. The van der Waals surface area contributed by atoms with Crippen molar-refractivity contribution in [3.63, 3.8) is 0 Å². The summed E-state index contributed by atoms with van der Waals surface area (Å²) in [6.45, 7) is 1.59. The number of carbonyl (C=O) groups is 1. The first-order chi connectivity index (χ1) is 11.3. The van der Waals surface area contributed by atoms with Gasteiger partial charge in [0, 0.05) is 35.9 Å². The van der Waals surface area contributed by atoms with Gasteiger partial charge in [0.2, 0.25) is 0 Å². The van der Waals surface area contributed by atoms with Crippen molar-refractivity contribution in [3.8, 4) is 0 Å². The first kappa shape index (κ1) is 16.1. The fourth-order valence-electron chi connectivity index (χ4n) is 2.78. The van der Waals surface area contributed by atoms with Gasteiger partial charge in [-0.1, -0.05) is 18.2 Å². The molecule has 4 nitrogen and oxygen atoms in total. The largest absolute Gasteiger partial charge is 0.459 e. The van der Waals surface area contributed by atoms with Gasteiger partial charge in [0.1, 0.15) is 0 Å². The molecule has 3 rings (SSSR count). The Bertz CT molecular complexity index is 633. The number of piperidine rings is 1. The van der Waals surface area contributed by atoms with Crippen LogP contribution in [0.5, 0.6) is 0 Å². The molecule has 1 amide bonds. The number of likely N-dealkylation sites (tertiary alicyclic amines) is 1. The lowest BCUT2D eigenvalue weighted by molar-refractivity contribution is 0.0619. The number of benzene rings is 1. The molecule has 122 valence electrons. The number of hydrogen-bond acceptors (Lipinski definition) is 4. The Kier molecular flexibility index (Phi) is 5.41. The minimum atomic E-state index is -0.0324. The van der Waals surface area contributed by atoms with Gasteiger partial charge < -0.3 is 14.4 Å². The molecule has 0 bridgehead atoms. The highest BCUT2D eigenvalue weighted by Gasteiger charge is 2.26. The van der Waals surface area contributed by atoms with Crippen LogP contribution in [-0.2, 0) is 5.75 Å². The summed E-state index contributed by atoms with van der Waals surface area (Å²) < 4.78 is 5.47. The van der Waals surface area contributed by atoms with Crippen molar-refractivity contribution in [1.82, 2.24) is 4.90 Å². The first-order valence-electron chi connectivity index (χ1n) is 7.92. The van der Waals surface area contributed by atoms with Gasteiger partial charge >= 0.3 is 0 Å². The number of aliphatic hydroxyl groups excluding tert-OH is 1. The Morgan fingerprint density at radius 3 is 2.65 bits per heavy atom. The smallest absolute Gasteiger partial charge is 0.289 e. The number of amides is 1. The zero-order valence-corrected chi connectivity index (χ0v) is 13.8. The Morgan fingerprint density at radius 1 is 1.22 bits per heavy atom. The Hall–Kier alpha value is -1.72. The van der Waals surface area contributed by atoms with Gasteiger partial charge in [-0.05, 0) is 37.0 Å². The SMILES string of the molecule is O=C(c1occc1CSc1ccccc1)N1CCC(CO)CC1. The third-order valence-corrected chi connectivity index (χ3v) is 5.30. The van der Waals surface area contributed by atoms with Crippen molar-refractivity contribution < 1.29 is 14.3 Å². The molecule has 2 heterocycles. The first-order valence-corrected chi connectivity index (χ1v) is 8.91. The van der Waals surface area contributed by atoms with E-state index in [-0.39, 0.29) is 12.5 Å². The lowest BCUT2D eigenvalue weighted by Gasteiger charge is -2.30. The third-order valence-electron chi connectivity index (χ3n) is 4.24. The number of rotatable bonds is 5. The monoisotopic (exact) mass is 331 g/mol. The highest BCUT2D eigenvalue weighted by atomic mass is 32.2. The van der Waals surface area contributed by atoms with Crippen LogP contribution in [0.25, 0.3) is 0 Å². The normalized spacial score (nSPS) is 15.8. The minimum absolute atomic E-state index is 0.0324. The zero-order valence-electron chi connectivity index (χ0n) is 13.0. The van der Waals surface area contributed by atoms with Crippen LogP contribution in [-0.4, -0.2) is 35.6 Å². The average molecular weight is 331 g/mol. The lowest BCUT2D eigenvalue weighted by atomic mass is 9.97. The zero-order chi connectivity index (χ0) is 16.1. The molecular weight excluding hydrogens is 310 g/mol. The van der Waals surface area contributed by atoms with Gasteiger partial charge in [-0.15, -0.1) is 11.8 Å². The number of thioether (sulfide) groups is 1. The van der Waals surface area contributed by atoms with E-state index in [1.165, 1.54) is 4.90 Å². The van der Waals surface area contributed by atoms with Gasteiger partial charge in [-0.3, -0.25) is 4.79 Å². The molecule has 2 aromatic rings. The number of aliphatic hydroxyl groups is 1. The van der Waals surface area contributed by atoms with Crippen molar-refractivity contribution >= 4 is 17.7 Å². The molecule has 0 aliphatic carbocycles. The maximum absolute atomic E-state index is 12.6. The van der Waals surface area contributed by atoms with Crippen LogP contribution < -0.4 is 0 Å². The summed E-state index contributed by atoms with van der Waals surface area (Å²) in [5.41, 5.74) is 0.938. The van der Waals surface area contributed by atoms with Crippen LogP contribution in [0, 0.1) is 5.92 Å². The number of carbonyl (C=O) groups excluding carboxylic acids is 1. The fraction of sp³-hybridized carbons (Fsp3) is 0.389. The summed E-state index contributed by atoms with van der Waals surface area (Å²) in [5, 5.41) is 9.20. The summed E-state index contributed by atoms with van der Waals surface area (Å²) in [6, 6.07) is 12.0. The van der Waals surface area contributed by atoms with E-state index in [9.17, 15) is 9.90 Å². The van der Waals surface area contributed by atoms with Crippen molar-refractivity contribution in [2.45, 2.75) is 23.5 Å². The molecule has 1 aliphatic rings. The van der Waals surface area contributed by atoms with E-state index in [2.05, 4.69) is 12.1 Å². The van der Waals surface area contributed by atoms with Crippen molar-refractivity contribution in [2.75, 3.05) is 19.7 Å². The molecule has 5 heteroatoms. The standard InChI is InChI=1S/C18H21NO3S/c20-12-14-6-9-19(10-7-14)18(21)17-15(8-11-22-17)13-23-16-4-2-1-3-5-16/h1-5,8,11,14,20H,6-7,9-10,12-13H2. The summed E-state index contributed by atoms with van der Waals surface area (Å²) in [7, 11) is 0. The third kappa shape index (κ3) is 3.98. The topological polar surface area (TPSA) is 53.7 Å². The fourth-order valence-corrected chi connectivity index (χ4v) is 3.68. The predicted molar refractivity (Wildman–Crippen MR) is 90.4 cm³/mol. The minimum Gasteiger partial charge on any atom is -0.459 e. The van der Waals surface area contributed by atoms with Gasteiger partial charge in [-0.25, -0.2) is 0 Å². The second kappa shape index (κ2) is 7.70. The summed E-state index contributed by atoms with van der Waals surface area (Å²) in [6.07, 6.45) is 3.31. The highest BCUT2D eigenvalue weighted by molar-refractivity contribution is 7.98. The molecular formula is C18H21NO3S. The molecule has 1 N–H and O–H groups in total. The van der Waals surface area contributed by atoms with Crippen LogP contribution in [0.1, 0.15) is 29.0 Å². The van der Waals surface area contributed by atoms with E-state index >= 15 is 0 Å². The Morgan fingerprint density at radius 2 is 1.96 bits per heavy atom. The van der Waals surface area contributed by atoms with Gasteiger partial charge in [-0.2, -0.15) is 0 Å². The number of hydrogen-bond donors (Lipinski definition) is 1. The predicted octanol–water partition coefficient (Wildman–Crippen LogP) is 3.42. The van der Waals surface area contributed by atoms with Gasteiger partial charge in [0.25, 0.3) is 5.91 Å². The van der Waals surface area contributed by atoms with E-state index in [1.54, 1.807) is 18.0 Å². The van der Waals surface area contributed by atoms with Gasteiger partial charge in [0.15, 0.2) is 5.76 Å². The molecule has 1 aliphatic heterocycles. The molecule has 0 saturated carbocycles. The molecule has 0 spiro atoms. The summed E-state index contributed by atoms with van der Waals surface area (Å²) in [4.78, 5) is 15.7. The molecule has 0 unspecified atom stereocenters. The van der Waals surface area contributed by atoms with Crippen molar-refractivity contribution in [3.05, 3.63) is 54.0 Å². The van der Waals surface area contributed by atoms with Crippen LogP contribution in [0.15, 0.2) is 52.0 Å². The molecule has 1 aromatic carbocycles. The maximum Gasteiger partial charge on any atom is 0.289 e. The van der Waals surface area contributed by atoms with Crippen molar-refractivity contribution in [2.24, 2.45) is 5.92 Å². The second-order valence-corrected chi connectivity index (χ2v) is 6.84. The lowest BCUT2D eigenvalue weighted by Crippen LogP contribution is -2.39. The Labute approximate surface area is 140 Å². The molecule has 1 saturated heterocycles. The van der Waals surface area contributed by atoms with Crippen LogP contribution in [0.2, 0.25) is 0 Å². The number of nitrogens with zero attached hydrogens (tertiary/aromatic N) is 1. The molecule has 0 atom stereocenters. The quantitative estimate of drug-likeness (QED) is 0.853. The van der Waals surface area contributed by atoms with E-state index < -0.39 is 0 Å². The van der Waals surface area contributed by atoms with E-state index in [0.29, 0.717) is 30.5 Å². The maximum atomic E-state index is 12.6. The van der Waals surface area contributed by atoms with Crippen molar-refractivity contribution in [1.29, 1.82) is 0 Å². The number of furan rings is 1. The summed E-state index contributed by atoms with van der Waals surface area (Å²) in [5.74, 6) is 1.46.